The average Bonchev–Trinajstić information content (AvgIpc) is 2.75. The Morgan fingerprint density at radius 1 is 0.407 bits per heavy atom. The van der Waals surface area contributed by atoms with E-state index < -0.39 is 0 Å². The fourth-order valence-corrected chi connectivity index (χ4v) is 3.68. The highest BCUT2D eigenvalue weighted by atomic mass is 14.9. The standard InChI is InChI=1S/C26H19N/c1-2-7-19(8-3-1)20-13-16-22(17-14-20)27-26-12-6-11-24-23-10-5-4-9-21(23)15-18-25(24)26/h1-18,27H. The van der Waals surface area contributed by atoms with Crippen molar-refractivity contribution in [3.8, 4) is 11.1 Å². The van der Waals surface area contributed by atoms with Gasteiger partial charge in [-0.2, -0.15) is 0 Å². The first-order valence-corrected chi connectivity index (χ1v) is 9.21. The van der Waals surface area contributed by atoms with E-state index in [0.717, 1.165) is 11.4 Å². The summed E-state index contributed by atoms with van der Waals surface area (Å²) >= 11 is 0. The molecule has 0 heterocycles. The van der Waals surface area contributed by atoms with Gasteiger partial charge in [0.25, 0.3) is 0 Å². The molecular formula is C26H19N. The van der Waals surface area contributed by atoms with Crippen LogP contribution in [0.5, 0.6) is 0 Å². The van der Waals surface area contributed by atoms with Crippen LogP contribution < -0.4 is 5.32 Å². The van der Waals surface area contributed by atoms with Gasteiger partial charge in [-0.15, -0.1) is 0 Å². The quantitative estimate of drug-likeness (QED) is 0.336. The van der Waals surface area contributed by atoms with Gasteiger partial charge in [-0.1, -0.05) is 91.0 Å². The Bertz CT molecular complexity index is 1220. The Morgan fingerprint density at radius 2 is 1.11 bits per heavy atom. The van der Waals surface area contributed by atoms with E-state index in [2.05, 4.69) is 108 Å². The van der Waals surface area contributed by atoms with Crippen LogP contribution in [0.25, 0.3) is 32.7 Å². The molecule has 0 radical (unpaired) electrons. The summed E-state index contributed by atoms with van der Waals surface area (Å²) in [6.07, 6.45) is 0. The maximum absolute atomic E-state index is 3.59. The molecule has 0 fully saturated rings. The minimum atomic E-state index is 1.09. The van der Waals surface area contributed by atoms with Gasteiger partial charge >= 0.3 is 0 Å². The summed E-state index contributed by atoms with van der Waals surface area (Å²) in [5.41, 5.74) is 4.69. The summed E-state index contributed by atoms with van der Waals surface area (Å²) in [6, 6.07) is 38.5. The zero-order chi connectivity index (χ0) is 18.1. The van der Waals surface area contributed by atoms with Gasteiger partial charge in [0.2, 0.25) is 0 Å². The summed E-state index contributed by atoms with van der Waals surface area (Å²) in [6.45, 7) is 0. The van der Waals surface area contributed by atoms with Crippen molar-refractivity contribution in [1.82, 2.24) is 0 Å². The molecule has 5 aromatic carbocycles. The normalized spacial score (nSPS) is 11.0. The predicted octanol–water partition coefficient (Wildman–Crippen LogP) is 7.40. The number of anilines is 2. The molecule has 128 valence electrons. The average molecular weight is 345 g/mol. The molecule has 0 aliphatic heterocycles. The smallest absolute Gasteiger partial charge is 0.0464 e. The van der Waals surface area contributed by atoms with Gasteiger partial charge in [0.15, 0.2) is 0 Å². The largest absolute Gasteiger partial charge is 0.355 e. The lowest BCUT2D eigenvalue weighted by molar-refractivity contribution is 1.56. The molecular weight excluding hydrogens is 326 g/mol. The van der Waals surface area contributed by atoms with Crippen LogP contribution in [0.1, 0.15) is 0 Å². The highest BCUT2D eigenvalue weighted by Gasteiger charge is 2.05. The number of rotatable bonds is 3. The molecule has 5 aromatic rings. The summed E-state index contributed by atoms with van der Waals surface area (Å²) < 4.78 is 0. The van der Waals surface area contributed by atoms with Crippen LogP contribution >= 0.6 is 0 Å². The Morgan fingerprint density at radius 3 is 1.96 bits per heavy atom. The summed E-state index contributed by atoms with van der Waals surface area (Å²) in [5.74, 6) is 0. The second-order valence-corrected chi connectivity index (χ2v) is 6.76. The number of fused-ring (bicyclic) bond motifs is 3. The highest BCUT2D eigenvalue weighted by Crippen LogP contribution is 2.32. The van der Waals surface area contributed by atoms with Gasteiger partial charge in [0.05, 0.1) is 0 Å². The van der Waals surface area contributed by atoms with Crippen LogP contribution in [-0.4, -0.2) is 0 Å². The fourth-order valence-electron chi connectivity index (χ4n) is 3.68. The maximum Gasteiger partial charge on any atom is 0.0464 e. The molecule has 0 saturated heterocycles. The first-order valence-electron chi connectivity index (χ1n) is 9.21. The van der Waals surface area contributed by atoms with Crippen molar-refractivity contribution >= 4 is 32.9 Å². The summed E-state index contributed by atoms with van der Waals surface area (Å²) in [5, 5.41) is 8.67. The number of benzene rings is 5. The van der Waals surface area contributed by atoms with Gasteiger partial charge in [0, 0.05) is 16.8 Å². The molecule has 0 spiro atoms. The number of hydrogen-bond acceptors (Lipinski definition) is 1. The van der Waals surface area contributed by atoms with Gasteiger partial charge in [-0.3, -0.25) is 0 Å². The maximum atomic E-state index is 3.59. The molecule has 0 amide bonds. The third-order valence-corrected chi connectivity index (χ3v) is 5.06. The van der Waals surface area contributed by atoms with E-state index in [1.54, 1.807) is 0 Å². The predicted molar refractivity (Wildman–Crippen MR) is 117 cm³/mol. The van der Waals surface area contributed by atoms with E-state index in [9.17, 15) is 0 Å². The van der Waals surface area contributed by atoms with Crippen molar-refractivity contribution in [2.24, 2.45) is 0 Å². The lowest BCUT2D eigenvalue weighted by atomic mass is 10.0. The van der Waals surface area contributed by atoms with Gasteiger partial charge in [-0.25, -0.2) is 0 Å². The fraction of sp³-hybridized carbons (Fsp3) is 0. The number of nitrogens with one attached hydrogen (secondary N) is 1. The Labute approximate surface area is 158 Å². The van der Waals surface area contributed by atoms with Crippen LogP contribution in [-0.2, 0) is 0 Å². The van der Waals surface area contributed by atoms with E-state index in [1.165, 1.54) is 32.7 Å². The second kappa shape index (κ2) is 6.62. The van der Waals surface area contributed by atoms with Crippen LogP contribution in [0.3, 0.4) is 0 Å². The Hall–Kier alpha value is -3.58. The molecule has 1 N–H and O–H groups in total. The van der Waals surface area contributed by atoms with Crippen molar-refractivity contribution in [3.63, 3.8) is 0 Å². The third kappa shape index (κ3) is 2.94. The van der Waals surface area contributed by atoms with Crippen molar-refractivity contribution in [2.45, 2.75) is 0 Å². The Balaban J connectivity index is 1.52. The third-order valence-electron chi connectivity index (χ3n) is 5.06. The molecule has 0 atom stereocenters. The molecule has 1 nitrogen and oxygen atoms in total. The topological polar surface area (TPSA) is 12.0 Å². The molecule has 0 bridgehead atoms. The first-order chi connectivity index (χ1) is 13.4. The van der Waals surface area contributed by atoms with Crippen molar-refractivity contribution in [3.05, 3.63) is 109 Å². The van der Waals surface area contributed by atoms with Gasteiger partial charge in [-0.05, 0) is 45.5 Å². The van der Waals surface area contributed by atoms with Crippen molar-refractivity contribution < 1.29 is 0 Å². The zero-order valence-electron chi connectivity index (χ0n) is 14.9. The van der Waals surface area contributed by atoms with Crippen LogP contribution in [0, 0.1) is 0 Å². The Kier molecular flexibility index (Phi) is 3.84. The molecule has 0 aliphatic rings. The molecule has 1 heteroatoms. The lowest BCUT2D eigenvalue weighted by Crippen LogP contribution is -1.92. The SMILES string of the molecule is c1ccc(-c2ccc(Nc3cccc4c3ccc3ccccc34)cc2)cc1. The van der Waals surface area contributed by atoms with E-state index in [0.29, 0.717) is 0 Å². The molecule has 5 rings (SSSR count). The minimum Gasteiger partial charge on any atom is -0.355 e. The summed E-state index contributed by atoms with van der Waals surface area (Å²) in [7, 11) is 0. The van der Waals surface area contributed by atoms with E-state index in [-0.39, 0.29) is 0 Å². The summed E-state index contributed by atoms with van der Waals surface area (Å²) in [4.78, 5) is 0. The molecule has 0 aliphatic carbocycles. The van der Waals surface area contributed by atoms with Crippen molar-refractivity contribution in [2.75, 3.05) is 5.32 Å². The van der Waals surface area contributed by atoms with Gasteiger partial charge in [0.1, 0.15) is 0 Å². The molecule has 0 aromatic heterocycles. The van der Waals surface area contributed by atoms with Crippen LogP contribution in [0.15, 0.2) is 109 Å². The minimum absolute atomic E-state index is 1.09. The van der Waals surface area contributed by atoms with Crippen molar-refractivity contribution in [1.29, 1.82) is 0 Å². The highest BCUT2D eigenvalue weighted by molar-refractivity contribution is 6.11. The first kappa shape index (κ1) is 15.7. The molecule has 27 heavy (non-hydrogen) atoms. The lowest BCUT2D eigenvalue weighted by Gasteiger charge is -2.12. The van der Waals surface area contributed by atoms with Gasteiger partial charge < -0.3 is 5.32 Å². The molecule has 0 saturated carbocycles. The van der Waals surface area contributed by atoms with Crippen LogP contribution in [0.4, 0.5) is 11.4 Å². The van der Waals surface area contributed by atoms with E-state index in [1.807, 2.05) is 6.07 Å². The van der Waals surface area contributed by atoms with E-state index in [4.69, 9.17) is 0 Å². The van der Waals surface area contributed by atoms with Crippen LogP contribution in [0.2, 0.25) is 0 Å². The monoisotopic (exact) mass is 345 g/mol. The van der Waals surface area contributed by atoms with E-state index >= 15 is 0 Å². The second-order valence-electron chi connectivity index (χ2n) is 6.76. The molecule has 0 unspecified atom stereocenters. The number of hydrogen-bond donors (Lipinski definition) is 1. The zero-order valence-corrected chi connectivity index (χ0v) is 14.9.